The van der Waals surface area contributed by atoms with E-state index in [4.69, 9.17) is 0 Å². The maximum absolute atomic E-state index is 12.0. The fourth-order valence-corrected chi connectivity index (χ4v) is 0.721. The molecule has 0 aromatic rings. The van der Waals surface area contributed by atoms with E-state index in [1.165, 1.54) is 0 Å². The Balaban J connectivity index is 2.92. The van der Waals surface area contributed by atoms with Crippen molar-refractivity contribution in [3.8, 4) is 0 Å². The highest BCUT2D eigenvalue weighted by Crippen LogP contribution is 2.38. The minimum absolute atomic E-state index is 0.377. The molecule has 0 saturated heterocycles. The van der Waals surface area contributed by atoms with Crippen molar-refractivity contribution in [1.29, 1.82) is 0 Å². The average molecular weight is 140 g/mol. The van der Waals surface area contributed by atoms with Gasteiger partial charge in [0, 0.05) is 0 Å². The highest BCUT2D eigenvalue weighted by atomic mass is 31.2. The Hall–Kier alpha value is 0.280. The lowest BCUT2D eigenvalue weighted by molar-refractivity contribution is 0.241. The van der Waals surface area contributed by atoms with Gasteiger partial charge in [-0.2, -0.15) is 4.20 Å². The smallest absolute Gasteiger partial charge is 0.309 e. The molecule has 0 aliphatic heterocycles. The Kier molecular flexibility index (Phi) is 5.61. The Labute approximate surface area is 50.0 Å². The van der Waals surface area contributed by atoms with Crippen molar-refractivity contribution < 1.29 is 13.2 Å². The van der Waals surface area contributed by atoms with Gasteiger partial charge < -0.3 is 9.05 Å². The Morgan fingerprint density at radius 3 is 1.88 bits per heavy atom. The summed E-state index contributed by atoms with van der Waals surface area (Å²) in [6.07, 6.45) is 0. The highest BCUT2D eigenvalue weighted by Gasteiger charge is 2.03. The summed E-state index contributed by atoms with van der Waals surface area (Å²) < 4.78 is 20.9. The molecule has 0 atom stereocenters. The van der Waals surface area contributed by atoms with Gasteiger partial charge in [0.05, 0.1) is 13.2 Å². The van der Waals surface area contributed by atoms with Gasteiger partial charge in [-0.05, 0) is 13.8 Å². The van der Waals surface area contributed by atoms with Gasteiger partial charge in [0.2, 0.25) is 0 Å². The summed E-state index contributed by atoms with van der Waals surface area (Å²) in [5.41, 5.74) is 0. The standard InChI is InChI=1S/C4H10FO2P/c1-3-6-8(5)7-4-2/h3-4H2,1-2H3. The summed E-state index contributed by atoms with van der Waals surface area (Å²) in [4.78, 5) is 0. The molecule has 0 heterocycles. The van der Waals surface area contributed by atoms with Crippen molar-refractivity contribution >= 4 is 8.69 Å². The number of halogens is 1. The molecule has 50 valence electrons. The molecule has 0 aliphatic carbocycles. The van der Waals surface area contributed by atoms with Crippen molar-refractivity contribution in [2.45, 2.75) is 13.8 Å². The van der Waals surface area contributed by atoms with Crippen molar-refractivity contribution in [2.75, 3.05) is 13.2 Å². The SMILES string of the molecule is CCOP(F)OCC. The molecule has 4 heteroatoms. The lowest BCUT2D eigenvalue weighted by Gasteiger charge is -2.02. The molecule has 0 aromatic heterocycles. The molecule has 0 fully saturated rings. The third kappa shape index (κ3) is 4.44. The molecule has 8 heavy (non-hydrogen) atoms. The van der Waals surface area contributed by atoms with Crippen LogP contribution in [0.2, 0.25) is 0 Å². The number of hydrogen-bond acceptors (Lipinski definition) is 2. The molecule has 0 saturated carbocycles. The maximum atomic E-state index is 12.0. The quantitative estimate of drug-likeness (QED) is 0.557. The van der Waals surface area contributed by atoms with Gasteiger partial charge in [0.15, 0.2) is 0 Å². The second-order valence-electron chi connectivity index (χ2n) is 1.05. The van der Waals surface area contributed by atoms with Gasteiger partial charge in [-0.3, -0.25) is 0 Å². The van der Waals surface area contributed by atoms with Crippen LogP contribution in [-0.2, 0) is 9.05 Å². The first-order valence-corrected chi connectivity index (χ1v) is 3.59. The summed E-state index contributed by atoms with van der Waals surface area (Å²) in [6.45, 7) is 4.21. The van der Waals surface area contributed by atoms with E-state index in [1.54, 1.807) is 13.8 Å². The third-order valence-electron chi connectivity index (χ3n) is 0.461. The molecule has 0 spiro atoms. The van der Waals surface area contributed by atoms with Crippen LogP contribution in [0.4, 0.5) is 4.20 Å². The van der Waals surface area contributed by atoms with Gasteiger partial charge in [-0.25, -0.2) is 0 Å². The van der Waals surface area contributed by atoms with E-state index in [2.05, 4.69) is 9.05 Å². The molecule has 0 bridgehead atoms. The van der Waals surface area contributed by atoms with Gasteiger partial charge in [-0.1, -0.05) is 0 Å². The monoisotopic (exact) mass is 140 g/mol. The minimum Gasteiger partial charge on any atom is -0.309 e. The zero-order chi connectivity index (χ0) is 6.41. The van der Waals surface area contributed by atoms with Gasteiger partial charge in [0.1, 0.15) is 0 Å². The topological polar surface area (TPSA) is 18.5 Å². The zero-order valence-electron chi connectivity index (χ0n) is 5.06. The second kappa shape index (κ2) is 5.42. The predicted octanol–water partition coefficient (Wildman–Crippen LogP) is 2.26. The molecule has 0 radical (unpaired) electrons. The molecular formula is C4H10FO2P. The number of hydrogen-bond donors (Lipinski definition) is 0. The third-order valence-corrected chi connectivity index (χ3v) is 1.38. The van der Waals surface area contributed by atoms with Crippen LogP contribution in [0, 0.1) is 0 Å². The average Bonchev–Trinajstić information content (AvgIpc) is 1.68. The van der Waals surface area contributed by atoms with Gasteiger partial charge in [0.25, 0.3) is 0 Å². The minimum atomic E-state index is -2.08. The van der Waals surface area contributed by atoms with Crippen LogP contribution in [0.5, 0.6) is 0 Å². The lowest BCUT2D eigenvalue weighted by atomic mass is 10.9. The van der Waals surface area contributed by atoms with Crippen molar-refractivity contribution in [3.05, 3.63) is 0 Å². The van der Waals surface area contributed by atoms with Crippen LogP contribution in [0.25, 0.3) is 0 Å². The summed E-state index contributed by atoms with van der Waals surface area (Å²) in [7, 11) is -2.08. The lowest BCUT2D eigenvalue weighted by Crippen LogP contribution is -1.84. The highest BCUT2D eigenvalue weighted by molar-refractivity contribution is 7.41. The summed E-state index contributed by atoms with van der Waals surface area (Å²) in [5.74, 6) is 0. The molecule has 2 nitrogen and oxygen atoms in total. The van der Waals surface area contributed by atoms with E-state index in [1.807, 2.05) is 0 Å². The van der Waals surface area contributed by atoms with E-state index in [9.17, 15) is 4.20 Å². The molecule has 0 aromatic carbocycles. The summed E-state index contributed by atoms with van der Waals surface area (Å²) in [5, 5.41) is 0. The first kappa shape index (κ1) is 8.28. The molecule has 0 aliphatic rings. The molecule has 0 unspecified atom stereocenters. The molecule has 0 amide bonds. The van der Waals surface area contributed by atoms with E-state index < -0.39 is 8.69 Å². The van der Waals surface area contributed by atoms with E-state index in [0.717, 1.165) is 0 Å². The fourth-order valence-electron chi connectivity index (χ4n) is 0.240. The van der Waals surface area contributed by atoms with Crippen LogP contribution in [0.15, 0.2) is 0 Å². The van der Waals surface area contributed by atoms with Crippen molar-refractivity contribution in [3.63, 3.8) is 0 Å². The maximum Gasteiger partial charge on any atom is 0.374 e. The van der Waals surface area contributed by atoms with Crippen LogP contribution in [0.1, 0.15) is 13.8 Å². The summed E-state index contributed by atoms with van der Waals surface area (Å²) in [6, 6.07) is 0. The molecular weight excluding hydrogens is 130 g/mol. The summed E-state index contributed by atoms with van der Waals surface area (Å²) >= 11 is 0. The molecule has 0 rings (SSSR count). The normalized spacial score (nSPS) is 10.5. The largest absolute Gasteiger partial charge is 0.374 e. The van der Waals surface area contributed by atoms with Crippen molar-refractivity contribution in [2.24, 2.45) is 0 Å². The van der Waals surface area contributed by atoms with Gasteiger partial charge >= 0.3 is 8.69 Å². The van der Waals surface area contributed by atoms with E-state index in [-0.39, 0.29) is 0 Å². The first-order chi connectivity index (χ1) is 3.81. The van der Waals surface area contributed by atoms with Gasteiger partial charge in [-0.15, -0.1) is 0 Å². The first-order valence-electron chi connectivity index (χ1n) is 2.53. The fraction of sp³-hybridized carbons (Fsp3) is 1.00. The van der Waals surface area contributed by atoms with E-state index >= 15 is 0 Å². The zero-order valence-corrected chi connectivity index (χ0v) is 5.95. The Morgan fingerprint density at radius 2 is 1.62 bits per heavy atom. The van der Waals surface area contributed by atoms with Crippen LogP contribution in [0.3, 0.4) is 0 Å². The Bertz CT molecular complexity index is 47.3. The second-order valence-corrected chi connectivity index (χ2v) is 1.99. The van der Waals surface area contributed by atoms with Crippen LogP contribution < -0.4 is 0 Å². The number of rotatable bonds is 4. The van der Waals surface area contributed by atoms with Crippen LogP contribution >= 0.6 is 8.69 Å². The predicted molar refractivity (Wildman–Crippen MR) is 31.3 cm³/mol. The van der Waals surface area contributed by atoms with Crippen LogP contribution in [-0.4, -0.2) is 13.2 Å². The molecule has 0 N–H and O–H groups in total. The van der Waals surface area contributed by atoms with E-state index in [0.29, 0.717) is 13.2 Å². The Morgan fingerprint density at radius 1 is 1.25 bits per heavy atom. The van der Waals surface area contributed by atoms with Crippen molar-refractivity contribution in [1.82, 2.24) is 0 Å².